The third kappa shape index (κ3) is 2.58. The highest BCUT2D eigenvalue weighted by Gasteiger charge is 2.27. The number of nitrogens with two attached hydrogens (primary N) is 3. The highest BCUT2D eigenvalue weighted by atomic mass is 32.3. The van der Waals surface area contributed by atoms with Crippen molar-refractivity contribution in [2.75, 3.05) is 0 Å². The van der Waals surface area contributed by atoms with E-state index >= 15 is 0 Å². The largest absolute Gasteiger partial charge is 0.300 e. The Hall–Kier alpha value is -0.220. The average molecular weight is 189 g/mol. The van der Waals surface area contributed by atoms with Crippen molar-refractivity contribution in [3.63, 3.8) is 0 Å². The third-order valence-electron chi connectivity index (χ3n) is 0.648. The predicted molar refractivity (Wildman–Crippen MR) is 34.2 cm³/mol. The molecule has 7 nitrogen and oxygen atoms in total. The summed E-state index contributed by atoms with van der Waals surface area (Å²) in [5.74, 6) is 0. The lowest BCUT2D eigenvalue weighted by molar-refractivity contribution is 0.577. The molecule has 0 aliphatic heterocycles. The predicted octanol–water partition coefficient (Wildman–Crippen LogP) is -3.19. The molecule has 0 aromatic heterocycles. The molecule has 0 saturated heterocycles. The number of hydrogen-bond acceptors (Lipinski definition) is 5. The zero-order valence-electron chi connectivity index (χ0n) is 4.76. The SMILES string of the molecule is NC(S(N)(=O)=O)S(N)(=O)=O. The molecule has 0 heterocycles. The van der Waals surface area contributed by atoms with Gasteiger partial charge in [-0.15, -0.1) is 0 Å². The number of hydrogen-bond donors (Lipinski definition) is 3. The molecule has 0 atom stereocenters. The van der Waals surface area contributed by atoms with Crippen LogP contribution >= 0.6 is 0 Å². The van der Waals surface area contributed by atoms with E-state index in [2.05, 4.69) is 16.0 Å². The molecule has 0 rings (SSSR count). The van der Waals surface area contributed by atoms with Crippen molar-refractivity contribution in [3.05, 3.63) is 0 Å². The highest BCUT2D eigenvalue weighted by molar-refractivity contribution is 8.06. The molecule has 6 N–H and O–H groups in total. The molecule has 0 aromatic carbocycles. The van der Waals surface area contributed by atoms with Crippen LogP contribution in [0.25, 0.3) is 0 Å². The molecule has 62 valence electrons. The van der Waals surface area contributed by atoms with E-state index in [-0.39, 0.29) is 0 Å². The van der Waals surface area contributed by atoms with Gasteiger partial charge in [0.25, 0.3) is 0 Å². The van der Waals surface area contributed by atoms with Gasteiger partial charge in [-0.3, -0.25) is 0 Å². The molecule has 0 radical (unpaired) electrons. The van der Waals surface area contributed by atoms with Crippen molar-refractivity contribution < 1.29 is 16.8 Å². The first-order chi connectivity index (χ1) is 4.15. The Labute approximate surface area is 58.3 Å². The highest BCUT2D eigenvalue weighted by Crippen LogP contribution is 1.92. The first kappa shape index (κ1) is 9.78. The van der Waals surface area contributed by atoms with E-state index < -0.39 is 24.8 Å². The van der Waals surface area contributed by atoms with Gasteiger partial charge in [0.05, 0.1) is 0 Å². The van der Waals surface area contributed by atoms with Gasteiger partial charge in [0.1, 0.15) is 0 Å². The summed E-state index contributed by atoms with van der Waals surface area (Å²) in [6.07, 6.45) is 0. The van der Waals surface area contributed by atoms with Crippen molar-refractivity contribution in [2.45, 2.75) is 4.71 Å². The Bertz CT molecular complexity index is 267. The van der Waals surface area contributed by atoms with Gasteiger partial charge in [0.2, 0.25) is 24.8 Å². The van der Waals surface area contributed by atoms with Crippen molar-refractivity contribution >= 4 is 20.0 Å². The molecular formula is CH7N3O4S2. The van der Waals surface area contributed by atoms with E-state index in [4.69, 9.17) is 0 Å². The molecule has 0 saturated carbocycles. The maximum absolute atomic E-state index is 10.2. The van der Waals surface area contributed by atoms with Crippen LogP contribution in [-0.4, -0.2) is 21.5 Å². The Morgan fingerprint density at radius 2 is 1.10 bits per heavy atom. The molecule has 0 unspecified atom stereocenters. The fourth-order valence-corrected chi connectivity index (χ4v) is 1.68. The summed E-state index contributed by atoms with van der Waals surface area (Å²) >= 11 is 0. The maximum atomic E-state index is 10.2. The number of rotatable bonds is 2. The van der Waals surface area contributed by atoms with Gasteiger partial charge in [0, 0.05) is 0 Å². The maximum Gasteiger partial charge on any atom is 0.241 e. The van der Waals surface area contributed by atoms with Crippen molar-refractivity contribution in [1.82, 2.24) is 0 Å². The van der Waals surface area contributed by atoms with Gasteiger partial charge >= 0.3 is 0 Å². The van der Waals surface area contributed by atoms with Crippen LogP contribution in [0.15, 0.2) is 0 Å². The Kier molecular flexibility index (Phi) is 2.38. The molecule has 0 bridgehead atoms. The lowest BCUT2D eigenvalue weighted by Crippen LogP contribution is -2.45. The summed E-state index contributed by atoms with van der Waals surface area (Å²) in [4.78, 5) is 0. The normalized spacial score (nSPS) is 14.0. The minimum atomic E-state index is -4.30. The Balaban J connectivity index is 4.94. The second-order valence-corrected chi connectivity index (χ2v) is 5.22. The van der Waals surface area contributed by atoms with E-state index in [1.54, 1.807) is 0 Å². The topological polar surface area (TPSA) is 146 Å². The lowest BCUT2D eigenvalue weighted by atomic mass is 11.5. The molecule has 0 aromatic rings. The molecule has 0 spiro atoms. The van der Waals surface area contributed by atoms with Crippen LogP contribution in [0.3, 0.4) is 0 Å². The Morgan fingerprint density at radius 1 is 0.900 bits per heavy atom. The smallest absolute Gasteiger partial charge is 0.241 e. The minimum absolute atomic E-state index is 2.24. The van der Waals surface area contributed by atoms with Gasteiger partial charge in [-0.05, 0) is 0 Å². The summed E-state index contributed by atoms with van der Waals surface area (Å²) in [5.41, 5.74) is 4.60. The van der Waals surface area contributed by atoms with Crippen LogP contribution in [0.4, 0.5) is 0 Å². The van der Waals surface area contributed by atoms with E-state index in [0.717, 1.165) is 0 Å². The molecule has 10 heavy (non-hydrogen) atoms. The minimum Gasteiger partial charge on any atom is -0.300 e. The second kappa shape index (κ2) is 2.43. The zero-order valence-corrected chi connectivity index (χ0v) is 6.39. The van der Waals surface area contributed by atoms with E-state index in [9.17, 15) is 16.8 Å². The summed E-state index contributed by atoms with van der Waals surface area (Å²) < 4.78 is 38.4. The van der Waals surface area contributed by atoms with Crippen LogP contribution in [0.5, 0.6) is 0 Å². The van der Waals surface area contributed by atoms with Crippen LogP contribution < -0.4 is 16.0 Å². The van der Waals surface area contributed by atoms with Crippen LogP contribution in [0, 0.1) is 0 Å². The van der Waals surface area contributed by atoms with E-state index in [0.29, 0.717) is 0 Å². The van der Waals surface area contributed by atoms with Crippen molar-refractivity contribution in [1.29, 1.82) is 0 Å². The monoisotopic (exact) mass is 189 g/mol. The van der Waals surface area contributed by atoms with Crippen LogP contribution in [0.2, 0.25) is 0 Å². The van der Waals surface area contributed by atoms with Crippen molar-refractivity contribution in [2.24, 2.45) is 16.0 Å². The molecule has 0 amide bonds. The molecule has 0 aliphatic carbocycles. The zero-order chi connectivity index (χ0) is 8.58. The molecule has 0 fully saturated rings. The summed E-state index contributed by atoms with van der Waals surface area (Å²) in [7, 11) is -8.59. The van der Waals surface area contributed by atoms with Crippen LogP contribution in [-0.2, 0) is 20.0 Å². The van der Waals surface area contributed by atoms with Crippen LogP contribution in [0.1, 0.15) is 0 Å². The van der Waals surface area contributed by atoms with Gasteiger partial charge in [-0.1, -0.05) is 0 Å². The summed E-state index contributed by atoms with van der Waals surface area (Å²) in [6.45, 7) is 0. The number of sulfonamides is 2. The molecular weight excluding hydrogens is 182 g/mol. The van der Waals surface area contributed by atoms with Gasteiger partial charge in [-0.25, -0.2) is 27.1 Å². The third-order valence-corrected chi connectivity index (χ3v) is 3.55. The molecule has 0 aliphatic rings. The lowest BCUT2D eigenvalue weighted by Gasteiger charge is -2.03. The van der Waals surface area contributed by atoms with E-state index in [1.807, 2.05) is 0 Å². The molecule has 9 heteroatoms. The quantitative estimate of drug-likeness (QED) is 0.418. The fourth-order valence-electron chi connectivity index (χ4n) is 0.187. The first-order valence-electron chi connectivity index (χ1n) is 1.94. The Morgan fingerprint density at radius 3 is 1.10 bits per heavy atom. The standard InChI is InChI=1S/CH7N3O4S2/c2-1(9(3,5)6)10(4,7)8/h1H,2H2,(H2,3,5,6)(H2,4,7,8). The first-order valence-corrected chi connectivity index (χ1v) is 5.16. The fraction of sp³-hybridized carbons (Fsp3) is 1.00. The van der Waals surface area contributed by atoms with Crippen molar-refractivity contribution in [3.8, 4) is 0 Å². The van der Waals surface area contributed by atoms with E-state index in [1.165, 1.54) is 0 Å². The summed E-state index contributed by atoms with van der Waals surface area (Å²) in [6, 6.07) is 0. The van der Waals surface area contributed by atoms with Gasteiger partial charge < -0.3 is 5.73 Å². The number of primary sulfonamides is 2. The van der Waals surface area contributed by atoms with Gasteiger partial charge in [0.15, 0.2) is 0 Å². The summed E-state index contributed by atoms with van der Waals surface area (Å²) in [5, 5.41) is 8.71. The van der Waals surface area contributed by atoms with Gasteiger partial charge in [-0.2, -0.15) is 0 Å². The average Bonchev–Trinajstić information content (AvgIpc) is 1.59. The second-order valence-electron chi connectivity index (χ2n) is 1.55.